The molecule has 0 saturated heterocycles. The van der Waals surface area contributed by atoms with Crippen LogP contribution in [0.2, 0.25) is 10.0 Å². The predicted molar refractivity (Wildman–Crippen MR) is 131 cm³/mol. The van der Waals surface area contributed by atoms with E-state index in [0.29, 0.717) is 22.2 Å². The second-order valence-electron chi connectivity index (χ2n) is 7.22. The number of carbonyl (C=O) groups excluding carboxylic acids is 2. The van der Waals surface area contributed by atoms with Crippen LogP contribution in [0.5, 0.6) is 0 Å². The molecule has 3 aromatic rings. The van der Waals surface area contributed by atoms with Gasteiger partial charge in [0, 0.05) is 21.3 Å². The van der Waals surface area contributed by atoms with Gasteiger partial charge in [-0.05, 0) is 60.0 Å². The zero-order valence-corrected chi connectivity index (χ0v) is 19.4. The van der Waals surface area contributed by atoms with Gasteiger partial charge in [-0.3, -0.25) is 9.59 Å². The Morgan fingerprint density at radius 3 is 2.32 bits per heavy atom. The highest BCUT2D eigenvalue weighted by molar-refractivity contribution is 8.00. The van der Waals surface area contributed by atoms with E-state index in [-0.39, 0.29) is 22.6 Å². The topological polar surface area (TPSA) is 58.2 Å². The minimum absolute atomic E-state index is 0.0929. The van der Waals surface area contributed by atoms with Gasteiger partial charge in [-0.2, -0.15) is 0 Å². The lowest BCUT2D eigenvalue weighted by Gasteiger charge is -2.10. The Morgan fingerprint density at radius 1 is 0.903 bits per heavy atom. The number of anilines is 2. The average molecular weight is 473 g/mol. The summed E-state index contributed by atoms with van der Waals surface area (Å²) >= 11 is 13.4. The molecule has 0 aliphatic rings. The fourth-order valence-corrected chi connectivity index (χ4v) is 4.08. The SMILES string of the molecule is CC(C)c1ccc(NC(=O)CSc2cccc(NC(=O)c3ccc(Cl)cc3Cl)c2)cc1. The third-order valence-corrected chi connectivity index (χ3v) is 6.04. The van der Waals surface area contributed by atoms with Crippen molar-refractivity contribution in [2.75, 3.05) is 16.4 Å². The smallest absolute Gasteiger partial charge is 0.257 e. The maximum Gasteiger partial charge on any atom is 0.257 e. The van der Waals surface area contributed by atoms with E-state index in [4.69, 9.17) is 23.2 Å². The third kappa shape index (κ3) is 6.76. The van der Waals surface area contributed by atoms with Crippen molar-refractivity contribution < 1.29 is 9.59 Å². The molecule has 31 heavy (non-hydrogen) atoms. The molecule has 2 amide bonds. The number of amides is 2. The van der Waals surface area contributed by atoms with Gasteiger partial charge < -0.3 is 10.6 Å². The Labute approximate surface area is 196 Å². The maximum absolute atomic E-state index is 12.5. The number of carbonyl (C=O) groups is 2. The van der Waals surface area contributed by atoms with E-state index in [9.17, 15) is 9.59 Å². The normalized spacial score (nSPS) is 10.7. The van der Waals surface area contributed by atoms with Gasteiger partial charge in [0.05, 0.1) is 16.3 Å². The molecule has 0 fully saturated rings. The largest absolute Gasteiger partial charge is 0.325 e. The molecule has 0 aliphatic carbocycles. The lowest BCUT2D eigenvalue weighted by atomic mass is 10.0. The van der Waals surface area contributed by atoms with Crippen molar-refractivity contribution in [3.05, 3.63) is 87.9 Å². The number of hydrogen-bond donors (Lipinski definition) is 2. The summed E-state index contributed by atoms with van der Waals surface area (Å²) in [6.07, 6.45) is 0. The van der Waals surface area contributed by atoms with Crippen LogP contribution in [0.3, 0.4) is 0 Å². The molecule has 0 radical (unpaired) electrons. The molecule has 2 N–H and O–H groups in total. The monoisotopic (exact) mass is 472 g/mol. The molecule has 0 heterocycles. The van der Waals surface area contributed by atoms with Gasteiger partial charge >= 0.3 is 0 Å². The molecular formula is C24H22Cl2N2O2S. The molecule has 0 aliphatic heterocycles. The van der Waals surface area contributed by atoms with E-state index in [1.165, 1.54) is 23.4 Å². The molecule has 0 unspecified atom stereocenters. The summed E-state index contributed by atoms with van der Waals surface area (Å²) < 4.78 is 0. The molecular weight excluding hydrogens is 451 g/mol. The lowest BCUT2D eigenvalue weighted by molar-refractivity contribution is -0.113. The van der Waals surface area contributed by atoms with Gasteiger partial charge in [0.15, 0.2) is 0 Å². The van der Waals surface area contributed by atoms with E-state index >= 15 is 0 Å². The molecule has 3 rings (SSSR count). The molecule has 0 bridgehead atoms. The molecule has 160 valence electrons. The van der Waals surface area contributed by atoms with Crippen molar-refractivity contribution in [2.24, 2.45) is 0 Å². The Kier molecular flexibility index (Phi) is 8.02. The van der Waals surface area contributed by atoms with Crippen LogP contribution in [0.15, 0.2) is 71.6 Å². The fraction of sp³-hybridized carbons (Fsp3) is 0.167. The number of benzene rings is 3. The molecule has 7 heteroatoms. The van der Waals surface area contributed by atoms with Gasteiger partial charge in [0.2, 0.25) is 5.91 Å². The first-order valence-electron chi connectivity index (χ1n) is 9.71. The molecule has 4 nitrogen and oxygen atoms in total. The van der Waals surface area contributed by atoms with Crippen molar-refractivity contribution in [2.45, 2.75) is 24.7 Å². The van der Waals surface area contributed by atoms with Crippen molar-refractivity contribution in [1.29, 1.82) is 0 Å². The van der Waals surface area contributed by atoms with Crippen LogP contribution in [0.25, 0.3) is 0 Å². The van der Waals surface area contributed by atoms with Crippen LogP contribution in [-0.4, -0.2) is 17.6 Å². The van der Waals surface area contributed by atoms with Crippen LogP contribution < -0.4 is 10.6 Å². The van der Waals surface area contributed by atoms with Gasteiger partial charge in [0.25, 0.3) is 5.91 Å². The van der Waals surface area contributed by atoms with Crippen molar-refractivity contribution in [3.8, 4) is 0 Å². The van der Waals surface area contributed by atoms with Crippen LogP contribution in [0.4, 0.5) is 11.4 Å². The molecule has 0 atom stereocenters. The van der Waals surface area contributed by atoms with Gasteiger partial charge in [-0.25, -0.2) is 0 Å². The number of nitrogens with one attached hydrogen (secondary N) is 2. The van der Waals surface area contributed by atoms with Crippen LogP contribution in [0, 0.1) is 0 Å². The van der Waals surface area contributed by atoms with E-state index < -0.39 is 0 Å². The summed E-state index contributed by atoms with van der Waals surface area (Å²) in [6, 6.07) is 19.9. The van der Waals surface area contributed by atoms with Gasteiger partial charge in [-0.1, -0.05) is 55.2 Å². The standard InChI is InChI=1S/C24H22Cl2N2O2S/c1-15(2)16-6-9-18(10-7-16)27-23(29)14-31-20-5-3-4-19(13-20)28-24(30)21-11-8-17(25)12-22(21)26/h3-13,15H,14H2,1-2H3,(H,27,29)(H,28,30). The number of rotatable bonds is 7. The first-order chi connectivity index (χ1) is 14.8. The van der Waals surface area contributed by atoms with Gasteiger partial charge in [0.1, 0.15) is 0 Å². The highest BCUT2D eigenvalue weighted by Crippen LogP contribution is 2.25. The Balaban J connectivity index is 1.56. The summed E-state index contributed by atoms with van der Waals surface area (Å²) in [5.74, 6) is 0.284. The van der Waals surface area contributed by atoms with E-state index in [2.05, 4.69) is 24.5 Å². The Morgan fingerprint density at radius 2 is 1.65 bits per heavy atom. The molecule has 0 saturated carbocycles. The van der Waals surface area contributed by atoms with E-state index in [1.807, 2.05) is 42.5 Å². The minimum atomic E-state index is -0.327. The summed E-state index contributed by atoms with van der Waals surface area (Å²) in [4.78, 5) is 25.6. The zero-order valence-electron chi connectivity index (χ0n) is 17.1. The molecule has 3 aromatic carbocycles. The predicted octanol–water partition coefficient (Wildman–Crippen LogP) is 7.10. The molecule has 0 spiro atoms. The van der Waals surface area contributed by atoms with Crippen molar-refractivity contribution in [1.82, 2.24) is 0 Å². The summed E-state index contributed by atoms with van der Waals surface area (Å²) in [6.45, 7) is 4.26. The maximum atomic E-state index is 12.5. The van der Waals surface area contributed by atoms with Crippen LogP contribution >= 0.6 is 35.0 Å². The lowest BCUT2D eigenvalue weighted by Crippen LogP contribution is -2.14. The van der Waals surface area contributed by atoms with Crippen molar-refractivity contribution in [3.63, 3.8) is 0 Å². The second-order valence-corrected chi connectivity index (χ2v) is 9.11. The van der Waals surface area contributed by atoms with Crippen LogP contribution in [0.1, 0.15) is 35.7 Å². The summed E-state index contributed by atoms with van der Waals surface area (Å²) in [5, 5.41) is 6.48. The quantitative estimate of drug-likeness (QED) is 0.360. The first-order valence-corrected chi connectivity index (χ1v) is 11.4. The third-order valence-electron chi connectivity index (χ3n) is 4.50. The second kappa shape index (κ2) is 10.7. The highest BCUT2D eigenvalue weighted by Gasteiger charge is 2.12. The van der Waals surface area contributed by atoms with Crippen LogP contribution in [-0.2, 0) is 4.79 Å². The minimum Gasteiger partial charge on any atom is -0.325 e. The number of hydrogen-bond acceptors (Lipinski definition) is 3. The Hall–Kier alpha value is -2.47. The van der Waals surface area contributed by atoms with Gasteiger partial charge in [-0.15, -0.1) is 11.8 Å². The molecule has 0 aromatic heterocycles. The average Bonchev–Trinajstić information content (AvgIpc) is 2.73. The fourth-order valence-electron chi connectivity index (χ4n) is 2.83. The highest BCUT2D eigenvalue weighted by atomic mass is 35.5. The Bertz CT molecular complexity index is 1090. The first kappa shape index (κ1) is 23.2. The van der Waals surface area contributed by atoms with E-state index in [0.717, 1.165) is 10.6 Å². The zero-order chi connectivity index (χ0) is 22.4. The number of halogens is 2. The van der Waals surface area contributed by atoms with E-state index in [1.54, 1.807) is 18.2 Å². The van der Waals surface area contributed by atoms with Crippen molar-refractivity contribution >= 4 is 58.2 Å². The summed E-state index contributed by atoms with van der Waals surface area (Å²) in [7, 11) is 0. The number of thioether (sulfide) groups is 1. The summed E-state index contributed by atoms with van der Waals surface area (Å²) in [5.41, 5.74) is 2.96.